The second-order valence-electron chi connectivity index (χ2n) is 4.65. The SMILES string of the molecule is CCC(CSC)N(C)c1ncc(CCN)cc1C. The van der Waals surface area contributed by atoms with E-state index >= 15 is 0 Å². The minimum Gasteiger partial charge on any atom is -0.356 e. The number of rotatable bonds is 7. The van der Waals surface area contributed by atoms with Crippen molar-refractivity contribution in [3.8, 4) is 0 Å². The predicted molar refractivity (Wildman–Crippen MR) is 82.6 cm³/mol. The number of hydrogen-bond acceptors (Lipinski definition) is 4. The van der Waals surface area contributed by atoms with Gasteiger partial charge in [-0.3, -0.25) is 0 Å². The maximum Gasteiger partial charge on any atom is 0.131 e. The topological polar surface area (TPSA) is 42.2 Å². The predicted octanol–water partition coefficient (Wildman–Crippen LogP) is 2.47. The molecule has 0 spiro atoms. The Bertz CT molecular complexity index is 368. The molecule has 4 heteroatoms. The highest BCUT2D eigenvalue weighted by Crippen LogP contribution is 2.21. The number of hydrogen-bond donors (Lipinski definition) is 1. The Kier molecular flexibility index (Phi) is 6.50. The number of nitrogens with zero attached hydrogens (tertiary/aromatic N) is 2. The summed E-state index contributed by atoms with van der Waals surface area (Å²) < 4.78 is 0. The molecule has 3 nitrogen and oxygen atoms in total. The Hall–Kier alpha value is -0.740. The molecule has 1 aromatic rings. The van der Waals surface area contributed by atoms with E-state index in [0.717, 1.165) is 24.4 Å². The first-order chi connectivity index (χ1) is 8.63. The lowest BCUT2D eigenvalue weighted by Crippen LogP contribution is -2.34. The van der Waals surface area contributed by atoms with Gasteiger partial charge in [0.1, 0.15) is 5.82 Å². The van der Waals surface area contributed by atoms with Gasteiger partial charge < -0.3 is 10.6 Å². The number of anilines is 1. The third-order valence-corrected chi connectivity index (χ3v) is 3.97. The van der Waals surface area contributed by atoms with Gasteiger partial charge in [0.15, 0.2) is 0 Å². The fourth-order valence-electron chi connectivity index (χ4n) is 2.17. The fourth-order valence-corrected chi connectivity index (χ4v) is 3.01. The van der Waals surface area contributed by atoms with Crippen LogP contribution in [0.3, 0.4) is 0 Å². The van der Waals surface area contributed by atoms with Crippen LogP contribution in [0.2, 0.25) is 0 Å². The molecule has 1 rings (SSSR count). The summed E-state index contributed by atoms with van der Waals surface area (Å²) in [7, 11) is 2.14. The second kappa shape index (κ2) is 7.64. The first-order valence-electron chi connectivity index (χ1n) is 6.51. The molecule has 0 bridgehead atoms. The normalized spacial score (nSPS) is 12.5. The van der Waals surface area contributed by atoms with Crippen molar-refractivity contribution in [2.24, 2.45) is 5.73 Å². The molecule has 0 saturated carbocycles. The smallest absolute Gasteiger partial charge is 0.131 e. The summed E-state index contributed by atoms with van der Waals surface area (Å²) in [5, 5.41) is 0. The van der Waals surface area contributed by atoms with Crippen LogP contribution in [0.15, 0.2) is 12.3 Å². The van der Waals surface area contributed by atoms with Crippen molar-refractivity contribution in [1.29, 1.82) is 0 Å². The first-order valence-corrected chi connectivity index (χ1v) is 7.90. The summed E-state index contributed by atoms with van der Waals surface area (Å²) >= 11 is 1.89. The molecule has 1 atom stereocenters. The van der Waals surface area contributed by atoms with Gasteiger partial charge in [0.25, 0.3) is 0 Å². The number of thioether (sulfide) groups is 1. The van der Waals surface area contributed by atoms with Crippen molar-refractivity contribution < 1.29 is 0 Å². The number of aromatic nitrogens is 1. The molecule has 2 N–H and O–H groups in total. The zero-order chi connectivity index (χ0) is 13.5. The Morgan fingerprint density at radius 2 is 2.22 bits per heavy atom. The van der Waals surface area contributed by atoms with E-state index in [-0.39, 0.29) is 0 Å². The molecule has 1 aromatic heterocycles. The summed E-state index contributed by atoms with van der Waals surface area (Å²) in [5.41, 5.74) is 8.04. The Morgan fingerprint density at radius 1 is 1.50 bits per heavy atom. The van der Waals surface area contributed by atoms with Crippen molar-refractivity contribution >= 4 is 17.6 Å². The lowest BCUT2D eigenvalue weighted by molar-refractivity contribution is 0.664. The molecule has 0 aliphatic rings. The molecule has 0 fully saturated rings. The van der Waals surface area contributed by atoms with Crippen molar-refractivity contribution in [2.45, 2.75) is 32.7 Å². The van der Waals surface area contributed by atoms with E-state index in [1.54, 1.807) is 0 Å². The highest BCUT2D eigenvalue weighted by molar-refractivity contribution is 7.98. The van der Waals surface area contributed by atoms with Crippen molar-refractivity contribution in [1.82, 2.24) is 4.98 Å². The summed E-state index contributed by atoms with van der Waals surface area (Å²) in [4.78, 5) is 6.91. The maximum atomic E-state index is 5.58. The highest BCUT2D eigenvalue weighted by atomic mass is 32.2. The maximum absolute atomic E-state index is 5.58. The van der Waals surface area contributed by atoms with Gasteiger partial charge in [-0.2, -0.15) is 11.8 Å². The first kappa shape index (κ1) is 15.3. The van der Waals surface area contributed by atoms with Crippen LogP contribution in [0.4, 0.5) is 5.82 Å². The summed E-state index contributed by atoms with van der Waals surface area (Å²) in [6.45, 7) is 5.04. The minimum absolute atomic E-state index is 0.548. The number of nitrogens with two attached hydrogens (primary N) is 1. The van der Waals surface area contributed by atoms with Crippen LogP contribution in [0.5, 0.6) is 0 Å². The monoisotopic (exact) mass is 267 g/mol. The van der Waals surface area contributed by atoms with Gasteiger partial charge in [-0.25, -0.2) is 4.98 Å². The molecular formula is C14H25N3S. The third-order valence-electron chi connectivity index (χ3n) is 3.25. The van der Waals surface area contributed by atoms with E-state index in [1.807, 2.05) is 18.0 Å². The largest absolute Gasteiger partial charge is 0.356 e. The quantitative estimate of drug-likeness (QED) is 0.824. The van der Waals surface area contributed by atoms with E-state index in [1.165, 1.54) is 11.1 Å². The molecule has 0 aliphatic carbocycles. The van der Waals surface area contributed by atoms with Gasteiger partial charge in [0.05, 0.1) is 0 Å². The fraction of sp³-hybridized carbons (Fsp3) is 0.643. The Labute approximate surface area is 115 Å². The van der Waals surface area contributed by atoms with Gasteiger partial charge in [0.2, 0.25) is 0 Å². The molecule has 1 heterocycles. The summed E-state index contributed by atoms with van der Waals surface area (Å²) in [6, 6.07) is 2.75. The molecular weight excluding hydrogens is 242 g/mol. The standard InChI is InChI=1S/C14H25N3S/c1-5-13(10-18-4)17(3)14-11(2)8-12(6-7-15)9-16-14/h8-9,13H,5-7,10,15H2,1-4H3. The van der Waals surface area contributed by atoms with Crippen LogP contribution in [0.25, 0.3) is 0 Å². The van der Waals surface area contributed by atoms with Crippen molar-refractivity contribution in [3.05, 3.63) is 23.4 Å². The lowest BCUT2D eigenvalue weighted by Gasteiger charge is -2.29. The number of aryl methyl sites for hydroxylation is 1. The second-order valence-corrected chi connectivity index (χ2v) is 5.56. The lowest BCUT2D eigenvalue weighted by atomic mass is 10.1. The average Bonchev–Trinajstić information content (AvgIpc) is 2.36. The molecule has 102 valence electrons. The zero-order valence-corrected chi connectivity index (χ0v) is 12.8. The van der Waals surface area contributed by atoms with Crippen LogP contribution in [0.1, 0.15) is 24.5 Å². The average molecular weight is 267 g/mol. The van der Waals surface area contributed by atoms with E-state index in [9.17, 15) is 0 Å². The molecule has 0 saturated heterocycles. The van der Waals surface area contributed by atoms with Crippen LogP contribution in [-0.2, 0) is 6.42 Å². The Morgan fingerprint density at radius 3 is 2.72 bits per heavy atom. The van der Waals surface area contributed by atoms with Crippen LogP contribution in [0, 0.1) is 6.92 Å². The van der Waals surface area contributed by atoms with Crippen LogP contribution < -0.4 is 10.6 Å². The summed E-state index contributed by atoms with van der Waals surface area (Å²) in [5.74, 6) is 2.23. The molecule has 18 heavy (non-hydrogen) atoms. The molecule has 0 amide bonds. The zero-order valence-electron chi connectivity index (χ0n) is 11.9. The molecule has 0 radical (unpaired) electrons. The third kappa shape index (κ3) is 3.89. The molecule has 0 aromatic carbocycles. The van der Waals surface area contributed by atoms with E-state index in [0.29, 0.717) is 12.6 Å². The van der Waals surface area contributed by atoms with Gasteiger partial charge >= 0.3 is 0 Å². The van der Waals surface area contributed by atoms with Gasteiger partial charge in [-0.15, -0.1) is 0 Å². The van der Waals surface area contributed by atoms with Gasteiger partial charge in [-0.1, -0.05) is 13.0 Å². The Balaban J connectivity index is 2.87. The van der Waals surface area contributed by atoms with Crippen molar-refractivity contribution in [2.75, 3.05) is 30.5 Å². The van der Waals surface area contributed by atoms with Gasteiger partial charge in [0, 0.05) is 25.0 Å². The van der Waals surface area contributed by atoms with E-state index < -0.39 is 0 Å². The van der Waals surface area contributed by atoms with Gasteiger partial charge in [-0.05, 0) is 43.7 Å². The number of pyridine rings is 1. The van der Waals surface area contributed by atoms with Crippen LogP contribution >= 0.6 is 11.8 Å². The molecule has 1 unspecified atom stereocenters. The minimum atomic E-state index is 0.548. The highest BCUT2D eigenvalue weighted by Gasteiger charge is 2.15. The van der Waals surface area contributed by atoms with Crippen molar-refractivity contribution in [3.63, 3.8) is 0 Å². The summed E-state index contributed by atoms with van der Waals surface area (Å²) in [6.07, 6.45) is 6.15. The van der Waals surface area contributed by atoms with Crippen LogP contribution in [-0.4, -0.2) is 36.6 Å². The molecule has 0 aliphatic heterocycles. The van der Waals surface area contributed by atoms with E-state index in [2.05, 4.69) is 43.1 Å². The van der Waals surface area contributed by atoms with E-state index in [4.69, 9.17) is 5.73 Å².